The molecular weight excluding hydrogens is 299 g/mol. The summed E-state index contributed by atoms with van der Waals surface area (Å²) in [6, 6.07) is 5.47. The Morgan fingerprint density at radius 2 is 2.30 bits per heavy atom. The second-order valence-electron chi connectivity index (χ2n) is 4.69. The molecule has 0 saturated carbocycles. The molecule has 1 fully saturated rings. The highest BCUT2D eigenvalue weighted by atomic mass is 35.5. The Morgan fingerprint density at radius 1 is 1.45 bits per heavy atom. The highest BCUT2D eigenvalue weighted by molar-refractivity contribution is 6.35. The fourth-order valence-electron chi connectivity index (χ4n) is 2.06. The molecule has 0 spiro atoms. The van der Waals surface area contributed by atoms with Crippen LogP contribution in [0, 0.1) is 0 Å². The van der Waals surface area contributed by atoms with Gasteiger partial charge in [0, 0.05) is 29.7 Å². The van der Waals surface area contributed by atoms with Crippen molar-refractivity contribution in [1.82, 2.24) is 10.6 Å². The highest BCUT2D eigenvalue weighted by Gasteiger charge is 2.20. The van der Waals surface area contributed by atoms with Gasteiger partial charge in [-0.05, 0) is 30.5 Å². The van der Waals surface area contributed by atoms with Crippen LogP contribution >= 0.6 is 23.2 Å². The van der Waals surface area contributed by atoms with E-state index < -0.39 is 0 Å². The zero-order valence-electron chi connectivity index (χ0n) is 11.1. The number of rotatable bonds is 5. The van der Waals surface area contributed by atoms with Crippen LogP contribution < -0.4 is 10.6 Å². The molecule has 1 atom stereocenters. The number of hydrogen-bond donors (Lipinski definition) is 2. The summed E-state index contributed by atoms with van der Waals surface area (Å²) in [5, 5.41) is 7.31. The summed E-state index contributed by atoms with van der Waals surface area (Å²) in [7, 11) is 0. The van der Waals surface area contributed by atoms with E-state index in [0.29, 0.717) is 29.7 Å². The maximum absolute atomic E-state index is 11.8. The van der Waals surface area contributed by atoms with Crippen molar-refractivity contribution < 1.29 is 9.53 Å². The molecule has 4 nitrogen and oxygen atoms in total. The van der Waals surface area contributed by atoms with Gasteiger partial charge in [0.05, 0.1) is 6.61 Å². The number of ether oxygens (including phenoxy) is 1. The van der Waals surface area contributed by atoms with Crippen LogP contribution in [0.15, 0.2) is 18.2 Å². The van der Waals surface area contributed by atoms with Crippen molar-refractivity contribution in [2.24, 2.45) is 0 Å². The summed E-state index contributed by atoms with van der Waals surface area (Å²) in [6.07, 6.45) is 1.26. The van der Waals surface area contributed by atoms with Crippen LogP contribution in [-0.2, 0) is 16.0 Å². The molecule has 2 rings (SSSR count). The Hall–Kier alpha value is -0.810. The Morgan fingerprint density at radius 3 is 3.00 bits per heavy atom. The van der Waals surface area contributed by atoms with E-state index in [-0.39, 0.29) is 12.0 Å². The summed E-state index contributed by atoms with van der Waals surface area (Å²) in [4.78, 5) is 11.8. The lowest BCUT2D eigenvalue weighted by Crippen LogP contribution is -2.48. The smallest absolute Gasteiger partial charge is 0.250 e. The van der Waals surface area contributed by atoms with Crippen LogP contribution in [0.5, 0.6) is 0 Å². The predicted octanol–water partition coefficient (Wildman–Crippen LogP) is 2.03. The zero-order chi connectivity index (χ0) is 14.4. The topological polar surface area (TPSA) is 50.4 Å². The Kier molecular flexibility index (Phi) is 6.10. The van der Waals surface area contributed by atoms with E-state index in [4.69, 9.17) is 27.9 Å². The molecule has 0 radical (unpaired) electrons. The lowest BCUT2D eigenvalue weighted by Gasteiger charge is -2.22. The number of amides is 1. The van der Waals surface area contributed by atoms with Crippen molar-refractivity contribution in [2.45, 2.75) is 18.9 Å². The van der Waals surface area contributed by atoms with Gasteiger partial charge in [0.15, 0.2) is 0 Å². The standard InChI is InChI=1S/C14H18Cl2N2O2/c15-11-4-3-10(12(16)8-11)2-1-5-18-14(19)13-9-17-6-7-20-13/h3-4,8,13,17H,1-2,5-7,9H2,(H,18,19). The Labute approximate surface area is 128 Å². The summed E-state index contributed by atoms with van der Waals surface area (Å²) >= 11 is 11.9. The van der Waals surface area contributed by atoms with Crippen molar-refractivity contribution in [3.05, 3.63) is 33.8 Å². The molecule has 110 valence electrons. The largest absolute Gasteiger partial charge is 0.366 e. The third-order valence-electron chi connectivity index (χ3n) is 3.16. The maximum atomic E-state index is 11.8. The zero-order valence-corrected chi connectivity index (χ0v) is 12.6. The molecule has 1 aliphatic rings. The average molecular weight is 317 g/mol. The van der Waals surface area contributed by atoms with Crippen LogP contribution in [0.2, 0.25) is 10.0 Å². The SMILES string of the molecule is O=C(NCCCc1ccc(Cl)cc1Cl)C1CNCCO1. The fraction of sp³-hybridized carbons (Fsp3) is 0.500. The van der Waals surface area contributed by atoms with Gasteiger partial charge in [-0.2, -0.15) is 0 Å². The van der Waals surface area contributed by atoms with Crippen molar-refractivity contribution in [1.29, 1.82) is 0 Å². The minimum atomic E-state index is -0.372. The van der Waals surface area contributed by atoms with Crippen LogP contribution in [0.25, 0.3) is 0 Å². The molecule has 1 aliphatic heterocycles. The molecule has 1 saturated heterocycles. The molecule has 6 heteroatoms. The third kappa shape index (κ3) is 4.63. The third-order valence-corrected chi connectivity index (χ3v) is 3.74. The van der Waals surface area contributed by atoms with Gasteiger partial charge in [0.25, 0.3) is 0 Å². The molecule has 1 aromatic rings. The average Bonchev–Trinajstić information content (AvgIpc) is 2.46. The van der Waals surface area contributed by atoms with Gasteiger partial charge in [-0.25, -0.2) is 0 Å². The molecule has 0 aliphatic carbocycles. The van der Waals surface area contributed by atoms with Crippen molar-refractivity contribution >= 4 is 29.1 Å². The number of benzene rings is 1. The second kappa shape index (κ2) is 7.84. The first kappa shape index (κ1) is 15.6. The maximum Gasteiger partial charge on any atom is 0.250 e. The molecular formula is C14H18Cl2N2O2. The van der Waals surface area contributed by atoms with E-state index in [0.717, 1.165) is 24.9 Å². The van der Waals surface area contributed by atoms with Crippen molar-refractivity contribution in [2.75, 3.05) is 26.2 Å². The van der Waals surface area contributed by atoms with E-state index in [9.17, 15) is 4.79 Å². The minimum absolute atomic E-state index is 0.0561. The van der Waals surface area contributed by atoms with Gasteiger partial charge in [0.2, 0.25) is 5.91 Å². The molecule has 0 bridgehead atoms. The van der Waals surface area contributed by atoms with Crippen LogP contribution in [-0.4, -0.2) is 38.3 Å². The van der Waals surface area contributed by atoms with Crippen LogP contribution in [0.4, 0.5) is 0 Å². The van der Waals surface area contributed by atoms with Gasteiger partial charge in [-0.15, -0.1) is 0 Å². The first-order chi connectivity index (χ1) is 9.66. The van der Waals surface area contributed by atoms with E-state index in [1.807, 2.05) is 12.1 Å². The number of carbonyl (C=O) groups excluding carboxylic acids is 1. The van der Waals surface area contributed by atoms with Crippen LogP contribution in [0.1, 0.15) is 12.0 Å². The monoisotopic (exact) mass is 316 g/mol. The Balaban J connectivity index is 1.69. The number of nitrogens with one attached hydrogen (secondary N) is 2. The normalized spacial score (nSPS) is 18.8. The van der Waals surface area contributed by atoms with E-state index >= 15 is 0 Å². The van der Waals surface area contributed by atoms with Crippen LogP contribution in [0.3, 0.4) is 0 Å². The summed E-state index contributed by atoms with van der Waals surface area (Å²) in [6.45, 7) is 2.57. The van der Waals surface area contributed by atoms with Crippen molar-refractivity contribution in [3.8, 4) is 0 Å². The lowest BCUT2D eigenvalue weighted by atomic mass is 10.1. The molecule has 1 aromatic carbocycles. The van der Waals surface area contributed by atoms with Gasteiger partial charge in [-0.1, -0.05) is 29.3 Å². The lowest BCUT2D eigenvalue weighted by molar-refractivity contribution is -0.134. The van der Waals surface area contributed by atoms with E-state index in [2.05, 4.69) is 10.6 Å². The quantitative estimate of drug-likeness (QED) is 0.817. The summed E-state index contributed by atoms with van der Waals surface area (Å²) in [5.74, 6) is -0.0561. The first-order valence-corrected chi connectivity index (χ1v) is 7.46. The Bertz CT molecular complexity index is 462. The van der Waals surface area contributed by atoms with E-state index in [1.165, 1.54) is 0 Å². The molecule has 1 heterocycles. The number of aryl methyl sites for hydroxylation is 1. The molecule has 1 amide bonds. The van der Waals surface area contributed by atoms with Gasteiger partial charge >= 0.3 is 0 Å². The molecule has 0 aromatic heterocycles. The number of morpholine rings is 1. The highest BCUT2D eigenvalue weighted by Crippen LogP contribution is 2.21. The predicted molar refractivity (Wildman–Crippen MR) is 80.4 cm³/mol. The number of halogens is 2. The molecule has 20 heavy (non-hydrogen) atoms. The van der Waals surface area contributed by atoms with Crippen molar-refractivity contribution in [3.63, 3.8) is 0 Å². The summed E-state index contributed by atoms with van der Waals surface area (Å²) < 4.78 is 5.38. The van der Waals surface area contributed by atoms with Gasteiger partial charge in [0.1, 0.15) is 6.10 Å². The van der Waals surface area contributed by atoms with Gasteiger partial charge < -0.3 is 15.4 Å². The minimum Gasteiger partial charge on any atom is -0.366 e. The second-order valence-corrected chi connectivity index (χ2v) is 5.54. The molecule has 1 unspecified atom stereocenters. The fourth-order valence-corrected chi connectivity index (χ4v) is 2.57. The molecule has 2 N–H and O–H groups in total. The number of carbonyl (C=O) groups is 1. The number of hydrogen-bond acceptors (Lipinski definition) is 3. The van der Waals surface area contributed by atoms with Gasteiger partial charge in [-0.3, -0.25) is 4.79 Å². The summed E-state index contributed by atoms with van der Waals surface area (Å²) in [5.41, 5.74) is 1.04. The first-order valence-electron chi connectivity index (χ1n) is 6.71. The van der Waals surface area contributed by atoms with E-state index in [1.54, 1.807) is 6.07 Å².